The summed E-state index contributed by atoms with van der Waals surface area (Å²) in [4.78, 5) is 14.0. The lowest BCUT2D eigenvalue weighted by Crippen LogP contribution is -2.44. The number of alkyl halides is 1. The highest BCUT2D eigenvalue weighted by Gasteiger charge is 2.30. The maximum Gasteiger partial charge on any atom is 0.267 e. The average molecular weight is 312 g/mol. The van der Waals surface area contributed by atoms with Gasteiger partial charge in [-0.1, -0.05) is 34.5 Å². The van der Waals surface area contributed by atoms with Crippen LogP contribution in [0.4, 0.5) is 5.69 Å². The smallest absolute Gasteiger partial charge is 0.267 e. The highest BCUT2D eigenvalue weighted by molar-refractivity contribution is 9.09. The third-order valence-electron chi connectivity index (χ3n) is 3.09. The van der Waals surface area contributed by atoms with Crippen LogP contribution in [-0.2, 0) is 4.79 Å². The Labute approximate surface area is 116 Å². The van der Waals surface area contributed by atoms with E-state index < -0.39 is 0 Å². The summed E-state index contributed by atoms with van der Waals surface area (Å²) in [6.45, 7) is 2.58. The molecule has 0 aromatic heterocycles. The monoisotopic (exact) mass is 311 g/mol. The molecule has 0 saturated carbocycles. The highest BCUT2D eigenvalue weighted by atomic mass is 79.9. The van der Waals surface area contributed by atoms with Crippen LogP contribution in [0.25, 0.3) is 0 Å². The van der Waals surface area contributed by atoms with Gasteiger partial charge in [0, 0.05) is 11.9 Å². The lowest BCUT2D eigenvalue weighted by Gasteiger charge is -2.33. The summed E-state index contributed by atoms with van der Waals surface area (Å²) in [7, 11) is 0. The number of rotatable bonds is 5. The molecule has 1 aliphatic rings. The van der Waals surface area contributed by atoms with E-state index in [1.54, 1.807) is 0 Å². The van der Waals surface area contributed by atoms with Crippen molar-refractivity contribution in [3.8, 4) is 5.75 Å². The molecule has 1 aromatic carbocycles. The number of hydrogen-bond acceptors (Lipinski definition) is 2. The van der Waals surface area contributed by atoms with Crippen LogP contribution in [0.15, 0.2) is 24.3 Å². The van der Waals surface area contributed by atoms with Crippen molar-refractivity contribution in [2.75, 3.05) is 16.8 Å². The first-order chi connectivity index (χ1) is 8.74. The fraction of sp³-hybridized carbons (Fsp3) is 0.500. The third kappa shape index (κ3) is 2.86. The second-order valence-corrected chi connectivity index (χ2v) is 5.26. The van der Waals surface area contributed by atoms with Crippen molar-refractivity contribution in [2.24, 2.45) is 0 Å². The van der Waals surface area contributed by atoms with Gasteiger partial charge in [-0.2, -0.15) is 0 Å². The van der Waals surface area contributed by atoms with E-state index in [4.69, 9.17) is 4.74 Å². The van der Waals surface area contributed by atoms with Gasteiger partial charge in [-0.05, 0) is 31.9 Å². The summed E-state index contributed by atoms with van der Waals surface area (Å²) < 4.78 is 5.60. The quantitative estimate of drug-likeness (QED) is 0.616. The number of fused-ring (bicyclic) bond motifs is 1. The second-order valence-electron chi connectivity index (χ2n) is 4.47. The zero-order valence-corrected chi connectivity index (χ0v) is 12.1. The van der Waals surface area contributed by atoms with E-state index in [2.05, 4.69) is 15.9 Å². The number of anilines is 1. The average Bonchev–Trinajstić information content (AvgIpc) is 2.38. The molecule has 1 aromatic rings. The van der Waals surface area contributed by atoms with Gasteiger partial charge in [0.25, 0.3) is 5.91 Å². The predicted octanol–water partition coefficient (Wildman–Crippen LogP) is 3.37. The zero-order chi connectivity index (χ0) is 13.0. The van der Waals surface area contributed by atoms with Crippen molar-refractivity contribution >= 4 is 27.5 Å². The maximum absolute atomic E-state index is 12.1. The molecule has 0 aliphatic carbocycles. The predicted molar refractivity (Wildman–Crippen MR) is 76.5 cm³/mol. The van der Waals surface area contributed by atoms with Crippen LogP contribution in [0, 0.1) is 0 Å². The summed E-state index contributed by atoms with van der Waals surface area (Å²) in [6.07, 6.45) is 2.93. The number of halogens is 1. The molecule has 3 nitrogen and oxygen atoms in total. The number of carbonyl (C=O) groups is 1. The molecular formula is C14H18BrNO2. The highest BCUT2D eigenvalue weighted by Crippen LogP contribution is 2.33. The number of benzene rings is 1. The summed E-state index contributed by atoms with van der Waals surface area (Å²) in [5.41, 5.74) is 0.902. The number of nitrogens with zero attached hydrogens (tertiary/aromatic N) is 1. The summed E-state index contributed by atoms with van der Waals surface area (Å²) in [6, 6.07) is 7.74. The van der Waals surface area contributed by atoms with E-state index in [9.17, 15) is 4.79 Å². The minimum Gasteiger partial charge on any atom is -0.479 e. The van der Waals surface area contributed by atoms with Crippen LogP contribution in [0.2, 0.25) is 0 Å². The van der Waals surface area contributed by atoms with E-state index >= 15 is 0 Å². The zero-order valence-electron chi connectivity index (χ0n) is 10.6. The number of carbonyl (C=O) groups excluding carboxylic acids is 1. The Balaban J connectivity index is 2.09. The van der Waals surface area contributed by atoms with Crippen molar-refractivity contribution in [1.29, 1.82) is 0 Å². The van der Waals surface area contributed by atoms with E-state index in [1.807, 2.05) is 36.1 Å². The number of ether oxygens (including phenoxy) is 1. The van der Waals surface area contributed by atoms with Gasteiger partial charge in [-0.25, -0.2) is 0 Å². The maximum atomic E-state index is 12.1. The third-order valence-corrected chi connectivity index (χ3v) is 3.65. The molecule has 2 rings (SSSR count). The lowest BCUT2D eigenvalue weighted by atomic mass is 10.1. The van der Waals surface area contributed by atoms with Gasteiger partial charge in [0.1, 0.15) is 5.75 Å². The minimum absolute atomic E-state index is 0.0625. The Hall–Kier alpha value is -1.03. The summed E-state index contributed by atoms with van der Waals surface area (Å²) in [5, 5.41) is 1.02. The Kier molecular flexibility index (Phi) is 4.64. The molecule has 1 heterocycles. The first kappa shape index (κ1) is 13.4. The standard InChI is InChI=1S/C14H18BrNO2/c1-11-14(17)16(10-6-2-5-9-15)12-7-3-4-8-13(12)18-11/h3-4,7-8,11H,2,5-6,9-10H2,1H3. The SMILES string of the molecule is CC1Oc2ccccc2N(CCCCCBr)C1=O. The molecule has 0 radical (unpaired) electrons. The molecule has 0 fully saturated rings. The second kappa shape index (κ2) is 6.23. The molecular weight excluding hydrogens is 294 g/mol. The molecule has 1 atom stereocenters. The van der Waals surface area contributed by atoms with Gasteiger partial charge in [0.05, 0.1) is 5.69 Å². The molecule has 0 saturated heterocycles. The van der Waals surface area contributed by atoms with Gasteiger partial charge < -0.3 is 9.64 Å². The van der Waals surface area contributed by atoms with Crippen LogP contribution in [-0.4, -0.2) is 23.9 Å². The lowest BCUT2D eigenvalue weighted by molar-refractivity contribution is -0.125. The number of hydrogen-bond donors (Lipinski definition) is 0. The van der Waals surface area contributed by atoms with Crippen molar-refractivity contribution in [3.63, 3.8) is 0 Å². The Morgan fingerprint density at radius 2 is 2.06 bits per heavy atom. The van der Waals surface area contributed by atoms with Gasteiger partial charge in [0.2, 0.25) is 0 Å². The molecule has 0 N–H and O–H groups in total. The molecule has 98 valence electrons. The summed E-state index contributed by atoms with van der Waals surface area (Å²) in [5.74, 6) is 0.873. The molecule has 1 amide bonds. The molecule has 18 heavy (non-hydrogen) atoms. The Morgan fingerprint density at radius 1 is 1.28 bits per heavy atom. The topological polar surface area (TPSA) is 29.5 Å². The molecule has 1 unspecified atom stereocenters. The van der Waals surface area contributed by atoms with Gasteiger partial charge in [-0.15, -0.1) is 0 Å². The normalized spacial score (nSPS) is 18.4. The van der Waals surface area contributed by atoms with Crippen LogP contribution >= 0.6 is 15.9 Å². The van der Waals surface area contributed by atoms with E-state index in [0.717, 1.165) is 42.6 Å². The molecule has 0 spiro atoms. The summed E-state index contributed by atoms with van der Waals surface area (Å²) >= 11 is 3.42. The van der Waals surface area contributed by atoms with Crippen LogP contribution in [0.5, 0.6) is 5.75 Å². The molecule has 1 aliphatic heterocycles. The number of amides is 1. The van der Waals surface area contributed by atoms with Crippen molar-refractivity contribution < 1.29 is 9.53 Å². The van der Waals surface area contributed by atoms with Crippen LogP contribution in [0.3, 0.4) is 0 Å². The van der Waals surface area contributed by atoms with Gasteiger partial charge in [0.15, 0.2) is 6.10 Å². The van der Waals surface area contributed by atoms with Crippen LogP contribution < -0.4 is 9.64 Å². The van der Waals surface area contributed by atoms with Crippen molar-refractivity contribution in [1.82, 2.24) is 0 Å². The molecule has 4 heteroatoms. The largest absolute Gasteiger partial charge is 0.479 e. The van der Waals surface area contributed by atoms with Crippen LogP contribution in [0.1, 0.15) is 26.2 Å². The van der Waals surface area contributed by atoms with E-state index in [0.29, 0.717) is 0 Å². The Morgan fingerprint density at radius 3 is 2.83 bits per heavy atom. The van der Waals surface area contributed by atoms with Gasteiger partial charge in [-0.3, -0.25) is 4.79 Å². The van der Waals surface area contributed by atoms with Crippen molar-refractivity contribution in [2.45, 2.75) is 32.3 Å². The first-order valence-electron chi connectivity index (χ1n) is 6.37. The van der Waals surface area contributed by atoms with E-state index in [-0.39, 0.29) is 12.0 Å². The van der Waals surface area contributed by atoms with E-state index in [1.165, 1.54) is 0 Å². The van der Waals surface area contributed by atoms with Crippen molar-refractivity contribution in [3.05, 3.63) is 24.3 Å². The first-order valence-corrected chi connectivity index (χ1v) is 7.49. The number of para-hydroxylation sites is 2. The Bertz CT molecular complexity index is 422. The minimum atomic E-state index is -0.379. The van der Waals surface area contributed by atoms with Gasteiger partial charge >= 0.3 is 0 Å². The molecule has 0 bridgehead atoms. The number of unbranched alkanes of at least 4 members (excludes halogenated alkanes) is 2. The fourth-order valence-electron chi connectivity index (χ4n) is 2.13. The fourth-order valence-corrected chi connectivity index (χ4v) is 2.53.